The molecule has 1 atom stereocenters. The second-order valence-electron chi connectivity index (χ2n) is 4.18. The molecule has 1 saturated heterocycles. The minimum atomic E-state index is -1.15. The lowest BCUT2D eigenvalue weighted by atomic mass is 10.2. The van der Waals surface area contributed by atoms with E-state index < -0.39 is 23.9 Å². The van der Waals surface area contributed by atoms with Crippen LogP contribution in [0, 0.1) is 5.82 Å². The van der Waals surface area contributed by atoms with Gasteiger partial charge in [0.15, 0.2) is 6.04 Å². The van der Waals surface area contributed by atoms with Crippen molar-refractivity contribution < 1.29 is 23.8 Å². The Morgan fingerprint density at radius 3 is 2.90 bits per heavy atom. The van der Waals surface area contributed by atoms with Gasteiger partial charge in [0.2, 0.25) is 0 Å². The van der Waals surface area contributed by atoms with Gasteiger partial charge in [-0.15, -0.1) is 0 Å². The number of amides is 2. The number of nitrogens with one attached hydrogen (secondary N) is 1. The summed E-state index contributed by atoms with van der Waals surface area (Å²) in [4.78, 5) is 24.2. The average Bonchev–Trinajstić information content (AvgIpc) is 2.43. The number of halogens is 2. The van der Waals surface area contributed by atoms with E-state index in [1.54, 1.807) is 0 Å². The van der Waals surface area contributed by atoms with Gasteiger partial charge < -0.3 is 20.1 Å². The fourth-order valence-electron chi connectivity index (χ4n) is 1.82. The predicted molar refractivity (Wildman–Crippen MR) is 69.4 cm³/mol. The first-order chi connectivity index (χ1) is 9.49. The number of ether oxygens (including phenoxy) is 1. The second kappa shape index (κ2) is 6.06. The van der Waals surface area contributed by atoms with Crippen LogP contribution in [-0.4, -0.2) is 47.8 Å². The van der Waals surface area contributed by atoms with Gasteiger partial charge >= 0.3 is 12.0 Å². The number of rotatable bonds is 2. The van der Waals surface area contributed by atoms with Crippen molar-refractivity contribution in [3.8, 4) is 0 Å². The molecule has 2 rings (SSSR count). The highest BCUT2D eigenvalue weighted by Gasteiger charge is 2.32. The van der Waals surface area contributed by atoms with Gasteiger partial charge in [0, 0.05) is 12.2 Å². The molecule has 1 unspecified atom stereocenters. The van der Waals surface area contributed by atoms with Gasteiger partial charge in [0.05, 0.1) is 18.2 Å². The predicted octanol–water partition coefficient (Wildman–Crippen LogP) is 1.80. The molecule has 1 fully saturated rings. The zero-order chi connectivity index (χ0) is 14.7. The standard InChI is InChI=1S/C12H12ClFN2O4/c13-8-2-1-7(5-9(8)14)15-12(19)16-3-4-20-6-10(16)11(17)18/h1-2,5,10H,3-4,6H2,(H,15,19)(H,17,18). The molecule has 0 spiro atoms. The van der Waals surface area contributed by atoms with Gasteiger partial charge in [-0.2, -0.15) is 0 Å². The number of carbonyl (C=O) groups excluding carboxylic acids is 1. The fourth-order valence-corrected chi connectivity index (χ4v) is 1.94. The summed E-state index contributed by atoms with van der Waals surface area (Å²) in [5.41, 5.74) is 0.201. The molecule has 0 aromatic heterocycles. The van der Waals surface area contributed by atoms with E-state index in [1.807, 2.05) is 0 Å². The number of urea groups is 1. The lowest BCUT2D eigenvalue weighted by molar-refractivity contribution is -0.147. The smallest absolute Gasteiger partial charge is 0.328 e. The van der Waals surface area contributed by atoms with E-state index in [2.05, 4.69) is 5.32 Å². The molecule has 1 aliphatic rings. The van der Waals surface area contributed by atoms with Gasteiger partial charge in [0.1, 0.15) is 5.82 Å². The lowest BCUT2D eigenvalue weighted by Gasteiger charge is -2.32. The first-order valence-corrected chi connectivity index (χ1v) is 6.20. The molecular formula is C12H12ClFN2O4. The van der Waals surface area contributed by atoms with E-state index in [4.69, 9.17) is 21.4 Å². The Balaban J connectivity index is 2.09. The molecule has 6 nitrogen and oxygen atoms in total. The summed E-state index contributed by atoms with van der Waals surface area (Å²) in [6, 6.07) is 2.12. The molecule has 8 heteroatoms. The number of hydrogen-bond acceptors (Lipinski definition) is 3. The van der Waals surface area contributed by atoms with E-state index in [-0.39, 0.29) is 30.5 Å². The van der Waals surface area contributed by atoms with Crippen LogP contribution in [0.25, 0.3) is 0 Å². The Kier molecular flexibility index (Phi) is 4.41. The van der Waals surface area contributed by atoms with Crippen molar-refractivity contribution in [2.24, 2.45) is 0 Å². The van der Waals surface area contributed by atoms with Crippen molar-refractivity contribution in [2.75, 3.05) is 25.1 Å². The highest BCUT2D eigenvalue weighted by molar-refractivity contribution is 6.30. The summed E-state index contributed by atoms with van der Waals surface area (Å²) < 4.78 is 18.3. The summed E-state index contributed by atoms with van der Waals surface area (Å²) in [6.07, 6.45) is 0. The first-order valence-electron chi connectivity index (χ1n) is 5.82. The van der Waals surface area contributed by atoms with Crippen LogP contribution >= 0.6 is 11.6 Å². The number of nitrogens with zero attached hydrogens (tertiary/aromatic N) is 1. The number of morpholine rings is 1. The molecule has 1 aliphatic heterocycles. The lowest BCUT2D eigenvalue weighted by Crippen LogP contribution is -2.53. The van der Waals surface area contributed by atoms with Crippen LogP contribution in [0.1, 0.15) is 0 Å². The number of carboxylic acids is 1. The summed E-state index contributed by atoms with van der Waals surface area (Å²) in [6.45, 7) is 0.336. The summed E-state index contributed by atoms with van der Waals surface area (Å²) in [7, 11) is 0. The quantitative estimate of drug-likeness (QED) is 0.873. The minimum Gasteiger partial charge on any atom is -0.480 e. The third-order valence-corrected chi connectivity index (χ3v) is 3.15. The van der Waals surface area contributed by atoms with Crippen molar-refractivity contribution in [1.82, 2.24) is 4.90 Å². The Morgan fingerprint density at radius 2 is 2.25 bits per heavy atom. The molecule has 2 amide bonds. The van der Waals surface area contributed by atoms with Crippen molar-refractivity contribution in [1.29, 1.82) is 0 Å². The van der Waals surface area contributed by atoms with E-state index in [1.165, 1.54) is 12.1 Å². The van der Waals surface area contributed by atoms with E-state index >= 15 is 0 Å². The maximum Gasteiger partial charge on any atom is 0.328 e. The number of anilines is 1. The molecule has 1 aromatic rings. The average molecular weight is 303 g/mol. The summed E-state index contributed by atoms with van der Waals surface area (Å²) in [5, 5.41) is 11.4. The molecule has 20 heavy (non-hydrogen) atoms. The van der Waals surface area contributed by atoms with Crippen LogP contribution < -0.4 is 5.32 Å². The Morgan fingerprint density at radius 1 is 1.50 bits per heavy atom. The zero-order valence-corrected chi connectivity index (χ0v) is 11.1. The second-order valence-corrected chi connectivity index (χ2v) is 4.59. The number of benzene rings is 1. The van der Waals surface area contributed by atoms with Crippen LogP contribution in [0.5, 0.6) is 0 Å². The van der Waals surface area contributed by atoms with Crippen LogP contribution in [0.4, 0.5) is 14.9 Å². The highest BCUT2D eigenvalue weighted by atomic mass is 35.5. The van der Waals surface area contributed by atoms with Gasteiger partial charge in [-0.1, -0.05) is 11.6 Å². The summed E-state index contributed by atoms with van der Waals surface area (Å²) in [5.74, 6) is -1.82. The van der Waals surface area contributed by atoms with Crippen LogP contribution in [0.3, 0.4) is 0 Å². The normalized spacial score (nSPS) is 18.7. The molecule has 0 aliphatic carbocycles. The third kappa shape index (κ3) is 3.17. The molecule has 0 radical (unpaired) electrons. The van der Waals surface area contributed by atoms with Gasteiger partial charge in [0.25, 0.3) is 0 Å². The van der Waals surface area contributed by atoms with Crippen molar-refractivity contribution in [2.45, 2.75) is 6.04 Å². The maximum atomic E-state index is 13.3. The number of carboxylic acid groups (broad SMARTS) is 1. The number of hydrogen-bond donors (Lipinski definition) is 2. The molecule has 0 bridgehead atoms. The van der Waals surface area contributed by atoms with Crippen molar-refractivity contribution in [3.63, 3.8) is 0 Å². The van der Waals surface area contributed by atoms with E-state index in [0.717, 1.165) is 11.0 Å². The Labute approximate surface area is 119 Å². The van der Waals surface area contributed by atoms with E-state index in [0.29, 0.717) is 0 Å². The minimum absolute atomic E-state index is 0.0576. The van der Waals surface area contributed by atoms with Gasteiger partial charge in [-0.05, 0) is 18.2 Å². The highest BCUT2D eigenvalue weighted by Crippen LogP contribution is 2.19. The zero-order valence-electron chi connectivity index (χ0n) is 10.3. The van der Waals surface area contributed by atoms with E-state index in [9.17, 15) is 14.0 Å². The number of aliphatic carboxylic acids is 1. The third-order valence-electron chi connectivity index (χ3n) is 2.85. The fraction of sp³-hybridized carbons (Fsp3) is 0.333. The monoisotopic (exact) mass is 302 g/mol. The molecule has 108 valence electrons. The largest absolute Gasteiger partial charge is 0.480 e. The van der Waals surface area contributed by atoms with Crippen LogP contribution in [-0.2, 0) is 9.53 Å². The Bertz CT molecular complexity index is 540. The number of carbonyl (C=O) groups is 2. The van der Waals surface area contributed by atoms with Crippen LogP contribution in [0.15, 0.2) is 18.2 Å². The van der Waals surface area contributed by atoms with Gasteiger partial charge in [-0.25, -0.2) is 14.0 Å². The van der Waals surface area contributed by atoms with Crippen LogP contribution in [0.2, 0.25) is 5.02 Å². The molecule has 2 N–H and O–H groups in total. The van der Waals surface area contributed by atoms with Gasteiger partial charge in [-0.3, -0.25) is 0 Å². The molecule has 0 saturated carbocycles. The Hall–Kier alpha value is -1.86. The molecular weight excluding hydrogens is 291 g/mol. The maximum absolute atomic E-state index is 13.3. The van der Waals surface area contributed by atoms with Crippen molar-refractivity contribution >= 4 is 29.3 Å². The van der Waals surface area contributed by atoms with Crippen molar-refractivity contribution in [3.05, 3.63) is 29.0 Å². The first kappa shape index (κ1) is 14.5. The molecule has 1 heterocycles. The summed E-state index contributed by atoms with van der Waals surface area (Å²) >= 11 is 5.54. The molecule has 1 aromatic carbocycles. The SMILES string of the molecule is O=C(O)C1COCCN1C(=O)Nc1ccc(Cl)c(F)c1. The topological polar surface area (TPSA) is 78.9 Å².